The van der Waals surface area contributed by atoms with Gasteiger partial charge >= 0.3 is 0 Å². The summed E-state index contributed by atoms with van der Waals surface area (Å²) in [6.45, 7) is 0. The lowest BCUT2D eigenvalue weighted by atomic mass is 10.0. The molecule has 0 aliphatic rings. The van der Waals surface area contributed by atoms with Gasteiger partial charge in [-0.15, -0.1) is 22.7 Å². The van der Waals surface area contributed by atoms with Gasteiger partial charge in [0.2, 0.25) is 0 Å². The van der Waals surface area contributed by atoms with Gasteiger partial charge in [0.05, 0.1) is 0 Å². The van der Waals surface area contributed by atoms with E-state index in [0.29, 0.717) is 0 Å². The number of hydrogen-bond donors (Lipinski definition) is 0. The van der Waals surface area contributed by atoms with Gasteiger partial charge < -0.3 is 4.90 Å². The van der Waals surface area contributed by atoms with Gasteiger partial charge in [0.25, 0.3) is 0 Å². The van der Waals surface area contributed by atoms with Crippen LogP contribution in [0.1, 0.15) is 0 Å². The highest BCUT2D eigenvalue weighted by molar-refractivity contribution is 7.26. The normalized spacial score (nSPS) is 11.7. The minimum absolute atomic E-state index is 1.15. The van der Waals surface area contributed by atoms with Crippen molar-refractivity contribution in [1.82, 2.24) is 0 Å². The molecule has 0 amide bonds. The van der Waals surface area contributed by atoms with Crippen molar-refractivity contribution in [3.05, 3.63) is 152 Å². The van der Waals surface area contributed by atoms with Crippen LogP contribution in [0.25, 0.3) is 62.2 Å². The molecule has 0 N–H and O–H groups in total. The van der Waals surface area contributed by atoms with Crippen molar-refractivity contribution in [1.29, 1.82) is 0 Å². The number of thiophene rings is 2. The summed E-state index contributed by atoms with van der Waals surface area (Å²) < 4.78 is 5.26. The van der Waals surface area contributed by atoms with Gasteiger partial charge in [-0.25, -0.2) is 0 Å². The third-order valence-electron chi connectivity index (χ3n) is 8.41. The van der Waals surface area contributed by atoms with Crippen LogP contribution >= 0.6 is 22.7 Å². The number of fused-ring (bicyclic) bond motifs is 7. The second kappa shape index (κ2) is 9.81. The second-order valence-corrected chi connectivity index (χ2v) is 13.2. The predicted octanol–water partition coefficient (Wildman–Crippen LogP) is 12.7. The quantitative estimate of drug-likeness (QED) is 0.199. The van der Waals surface area contributed by atoms with Gasteiger partial charge in [-0.1, -0.05) is 97.1 Å². The zero-order valence-electron chi connectivity index (χ0n) is 23.2. The summed E-state index contributed by atoms with van der Waals surface area (Å²) in [4.78, 5) is 2.41. The van der Waals surface area contributed by atoms with Crippen LogP contribution in [0, 0.1) is 0 Å². The van der Waals surface area contributed by atoms with Gasteiger partial charge in [0.1, 0.15) is 0 Å². The summed E-state index contributed by atoms with van der Waals surface area (Å²) in [5, 5.41) is 7.86. The van der Waals surface area contributed by atoms with Gasteiger partial charge in [0, 0.05) is 57.4 Å². The van der Waals surface area contributed by atoms with E-state index in [4.69, 9.17) is 0 Å². The summed E-state index contributed by atoms with van der Waals surface area (Å²) in [6, 6.07) is 55.5. The van der Waals surface area contributed by atoms with E-state index in [1.807, 2.05) is 22.7 Å². The molecule has 202 valence electrons. The highest BCUT2D eigenvalue weighted by Crippen LogP contribution is 2.44. The molecule has 0 fully saturated rings. The average Bonchev–Trinajstić information content (AvgIpc) is 3.61. The Kier molecular flexibility index (Phi) is 5.62. The molecule has 7 aromatic carbocycles. The molecule has 43 heavy (non-hydrogen) atoms. The molecule has 0 bridgehead atoms. The summed E-state index contributed by atoms with van der Waals surface area (Å²) >= 11 is 3.74. The van der Waals surface area contributed by atoms with Crippen molar-refractivity contribution in [3.8, 4) is 11.1 Å². The van der Waals surface area contributed by atoms with E-state index in [1.54, 1.807) is 0 Å². The Bertz CT molecular complexity index is 2470. The van der Waals surface area contributed by atoms with Crippen LogP contribution < -0.4 is 4.90 Å². The number of benzene rings is 7. The van der Waals surface area contributed by atoms with Crippen molar-refractivity contribution >= 4 is 90.9 Å². The molecule has 0 atom stereocenters. The molecule has 9 rings (SSSR count). The maximum atomic E-state index is 2.41. The van der Waals surface area contributed by atoms with E-state index >= 15 is 0 Å². The number of rotatable bonds is 4. The van der Waals surface area contributed by atoms with Crippen LogP contribution in [0.15, 0.2) is 152 Å². The van der Waals surface area contributed by atoms with Crippen LogP contribution in [0.3, 0.4) is 0 Å². The Morgan fingerprint density at radius 1 is 0.326 bits per heavy atom. The topological polar surface area (TPSA) is 3.24 Å². The fraction of sp³-hybridized carbons (Fsp3) is 0. The molecule has 0 radical (unpaired) electrons. The molecule has 9 aromatic rings. The zero-order chi connectivity index (χ0) is 28.3. The Morgan fingerprint density at radius 2 is 0.884 bits per heavy atom. The Balaban J connectivity index is 1.25. The van der Waals surface area contributed by atoms with E-state index < -0.39 is 0 Å². The lowest BCUT2D eigenvalue weighted by Gasteiger charge is -2.26. The van der Waals surface area contributed by atoms with E-state index in [2.05, 4.69) is 157 Å². The molecule has 0 aliphatic carbocycles. The maximum Gasteiger partial charge on any atom is 0.0476 e. The van der Waals surface area contributed by atoms with E-state index in [9.17, 15) is 0 Å². The fourth-order valence-electron chi connectivity index (χ4n) is 6.35. The minimum Gasteiger partial charge on any atom is -0.310 e. The van der Waals surface area contributed by atoms with Gasteiger partial charge in [-0.3, -0.25) is 0 Å². The summed E-state index contributed by atoms with van der Waals surface area (Å²) in [5.41, 5.74) is 5.90. The molecule has 1 nitrogen and oxygen atoms in total. The third-order valence-corrected chi connectivity index (χ3v) is 10.7. The van der Waals surface area contributed by atoms with E-state index in [1.165, 1.54) is 62.2 Å². The van der Waals surface area contributed by atoms with Crippen LogP contribution in [0.4, 0.5) is 17.1 Å². The Labute approximate surface area is 257 Å². The van der Waals surface area contributed by atoms with Crippen LogP contribution in [0.5, 0.6) is 0 Å². The van der Waals surface area contributed by atoms with Gasteiger partial charge in [-0.2, -0.15) is 0 Å². The zero-order valence-corrected chi connectivity index (χ0v) is 24.8. The molecule has 0 saturated carbocycles. The third kappa shape index (κ3) is 4.12. The Hall–Kier alpha value is -4.96. The molecular formula is C40H25NS2. The van der Waals surface area contributed by atoms with E-state index in [-0.39, 0.29) is 0 Å². The first-order valence-electron chi connectivity index (χ1n) is 14.5. The van der Waals surface area contributed by atoms with Crippen LogP contribution in [0.2, 0.25) is 0 Å². The van der Waals surface area contributed by atoms with E-state index in [0.717, 1.165) is 17.1 Å². The molecule has 0 spiro atoms. The first-order chi connectivity index (χ1) is 21.3. The average molecular weight is 584 g/mol. The molecule has 0 saturated heterocycles. The van der Waals surface area contributed by atoms with Crippen molar-refractivity contribution in [2.24, 2.45) is 0 Å². The first kappa shape index (κ1) is 24.6. The summed E-state index contributed by atoms with van der Waals surface area (Å²) in [6.07, 6.45) is 0. The standard InChI is InChI=1S/C40H25NS2/c1-2-9-26(10-3-1)27-13-8-14-30(21-27)41(31-17-19-34-33-15-6-7-16-37(33)42-39(34)24-31)32-18-20-35-36-22-28-11-4-5-12-29(28)23-38(36)43-40(35)25-32/h1-25H. The van der Waals surface area contributed by atoms with Gasteiger partial charge in [-0.05, 0) is 76.5 Å². The molecule has 3 heteroatoms. The fourth-order valence-corrected chi connectivity index (χ4v) is 8.65. The maximum absolute atomic E-state index is 2.41. The molecule has 0 unspecified atom stereocenters. The monoisotopic (exact) mass is 583 g/mol. The lowest BCUT2D eigenvalue weighted by molar-refractivity contribution is 1.30. The highest BCUT2D eigenvalue weighted by atomic mass is 32.1. The lowest BCUT2D eigenvalue weighted by Crippen LogP contribution is -2.09. The predicted molar refractivity (Wildman–Crippen MR) is 190 cm³/mol. The highest BCUT2D eigenvalue weighted by Gasteiger charge is 2.17. The van der Waals surface area contributed by atoms with Crippen molar-refractivity contribution in [2.75, 3.05) is 4.90 Å². The SMILES string of the molecule is c1ccc(-c2cccc(N(c3ccc4c(c3)sc3ccccc34)c3ccc4c(c3)sc3cc5ccccc5cc34)c2)cc1. The van der Waals surface area contributed by atoms with Crippen LogP contribution in [-0.2, 0) is 0 Å². The summed E-state index contributed by atoms with van der Waals surface area (Å²) in [7, 11) is 0. The molecular weight excluding hydrogens is 559 g/mol. The second-order valence-electron chi connectivity index (χ2n) is 11.0. The van der Waals surface area contributed by atoms with Crippen molar-refractivity contribution < 1.29 is 0 Å². The van der Waals surface area contributed by atoms with Gasteiger partial charge in [0.15, 0.2) is 0 Å². The van der Waals surface area contributed by atoms with Crippen molar-refractivity contribution in [3.63, 3.8) is 0 Å². The Morgan fingerprint density at radius 3 is 1.67 bits per heavy atom. The van der Waals surface area contributed by atoms with Crippen molar-refractivity contribution in [2.45, 2.75) is 0 Å². The largest absolute Gasteiger partial charge is 0.310 e. The summed E-state index contributed by atoms with van der Waals surface area (Å²) in [5.74, 6) is 0. The first-order valence-corrected chi connectivity index (χ1v) is 16.1. The minimum atomic E-state index is 1.15. The molecule has 2 heterocycles. The number of hydrogen-bond acceptors (Lipinski definition) is 3. The number of nitrogens with zero attached hydrogens (tertiary/aromatic N) is 1. The number of anilines is 3. The molecule has 0 aliphatic heterocycles. The van der Waals surface area contributed by atoms with Crippen LogP contribution in [-0.4, -0.2) is 0 Å². The molecule has 2 aromatic heterocycles. The smallest absolute Gasteiger partial charge is 0.0476 e.